The number of nitrogens with zero attached hydrogens (tertiary/aromatic N) is 2. The average Bonchev–Trinajstić information content (AvgIpc) is 3.07. The van der Waals surface area contributed by atoms with Gasteiger partial charge in [-0.05, 0) is 50.3 Å². The molecule has 2 aromatic rings. The number of aliphatic hydroxyl groups excluding tert-OH is 1. The fourth-order valence-corrected chi connectivity index (χ4v) is 4.09. The van der Waals surface area contributed by atoms with Gasteiger partial charge in [-0.2, -0.15) is 0 Å². The minimum atomic E-state index is -0.748. The first kappa shape index (κ1) is 25.8. The first-order valence-electron chi connectivity index (χ1n) is 11.3. The Morgan fingerprint density at radius 2 is 1.82 bits per heavy atom. The summed E-state index contributed by atoms with van der Waals surface area (Å²) in [4.78, 5) is 29.6. The molecule has 1 fully saturated rings. The van der Waals surface area contributed by atoms with Crippen LogP contribution in [0.3, 0.4) is 0 Å². The van der Waals surface area contributed by atoms with Gasteiger partial charge in [-0.15, -0.1) is 0 Å². The summed E-state index contributed by atoms with van der Waals surface area (Å²) in [6.45, 7) is 3.55. The molecule has 1 N–H and O–H groups in total. The summed E-state index contributed by atoms with van der Waals surface area (Å²) in [6.07, 6.45) is 1.93. The van der Waals surface area contributed by atoms with E-state index in [0.717, 1.165) is 17.3 Å². The van der Waals surface area contributed by atoms with Crippen LogP contribution in [0.1, 0.15) is 36.9 Å². The molecular formula is C26H31BrN2O5. The predicted octanol–water partition coefficient (Wildman–Crippen LogP) is 4.62. The van der Waals surface area contributed by atoms with Crippen LogP contribution in [0.5, 0.6) is 11.5 Å². The third kappa shape index (κ3) is 5.62. The minimum Gasteiger partial charge on any atom is -0.507 e. The van der Waals surface area contributed by atoms with Gasteiger partial charge in [-0.3, -0.25) is 9.59 Å². The molecule has 1 heterocycles. The number of halogens is 1. The molecular weight excluding hydrogens is 500 g/mol. The molecule has 34 heavy (non-hydrogen) atoms. The van der Waals surface area contributed by atoms with Gasteiger partial charge in [0.2, 0.25) is 0 Å². The molecule has 1 aliphatic rings. The predicted molar refractivity (Wildman–Crippen MR) is 135 cm³/mol. The highest BCUT2D eigenvalue weighted by Crippen LogP contribution is 2.42. The molecule has 1 atom stereocenters. The molecule has 0 spiro atoms. The van der Waals surface area contributed by atoms with Crippen molar-refractivity contribution in [3.8, 4) is 11.5 Å². The van der Waals surface area contributed by atoms with Crippen LogP contribution in [0, 0.1) is 0 Å². The van der Waals surface area contributed by atoms with E-state index in [1.807, 2.05) is 25.1 Å². The maximum Gasteiger partial charge on any atom is 0.295 e. The lowest BCUT2D eigenvalue weighted by Crippen LogP contribution is -2.35. The molecule has 1 unspecified atom stereocenters. The van der Waals surface area contributed by atoms with Gasteiger partial charge in [0, 0.05) is 23.1 Å². The van der Waals surface area contributed by atoms with E-state index in [1.54, 1.807) is 43.5 Å². The number of hydrogen-bond acceptors (Lipinski definition) is 6. The van der Waals surface area contributed by atoms with E-state index in [4.69, 9.17) is 9.47 Å². The number of unbranched alkanes of at least 4 members (excludes halogenated alkanes) is 1. The summed E-state index contributed by atoms with van der Waals surface area (Å²) in [7, 11) is 5.36. The number of carbonyl (C=O) groups is 2. The van der Waals surface area contributed by atoms with Gasteiger partial charge in [0.05, 0.1) is 25.3 Å². The van der Waals surface area contributed by atoms with Crippen molar-refractivity contribution in [2.45, 2.75) is 25.8 Å². The summed E-state index contributed by atoms with van der Waals surface area (Å²) in [6, 6.07) is 11.6. The highest BCUT2D eigenvalue weighted by atomic mass is 79.9. The highest BCUT2D eigenvalue weighted by Gasteiger charge is 2.46. The smallest absolute Gasteiger partial charge is 0.295 e. The molecule has 7 nitrogen and oxygen atoms in total. The second-order valence-electron chi connectivity index (χ2n) is 8.41. The summed E-state index contributed by atoms with van der Waals surface area (Å²) in [5.41, 5.74) is 1.19. The third-order valence-electron chi connectivity index (χ3n) is 5.70. The molecule has 0 aliphatic carbocycles. The number of rotatable bonds is 10. The van der Waals surface area contributed by atoms with Gasteiger partial charge in [0.1, 0.15) is 5.76 Å². The van der Waals surface area contributed by atoms with E-state index in [0.29, 0.717) is 42.3 Å². The summed E-state index contributed by atoms with van der Waals surface area (Å²) in [5, 5.41) is 11.1. The lowest BCUT2D eigenvalue weighted by atomic mass is 9.95. The van der Waals surface area contributed by atoms with Crippen molar-refractivity contribution in [1.29, 1.82) is 0 Å². The van der Waals surface area contributed by atoms with Crippen molar-refractivity contribution in [2.75, 3.05) is 40.9 Å². The van der Waals surface area contributed by atoms with Gasteiger partial charge in [0.25, 0.3) is 11.7 Å². The summed E-state index contributed by atoms with van der Waals surface area (Å²) < 4.78 is 12.2. The Bertz CT molecular complexity index is 1070. The number of benzene rings is 2. The fourth-order valence-electron chi connectivity index (χ4n) is 3.83. The standard InChI is InChI=1S/C26H31BrN2O5/c1-5-6-15-34-20-12-9-18(16-21(20)33-4)23-22(24(30)17-7-10-19(27)11-8-17)25(31)26(32)29(23)14-13-28(2)3/h7-12,16,23,30H,5-6,13-15H2,1-4H3/b24-22+. The normalized spacial score (nSPS) is 17.5. The number of likely N-dealkylation sites (tertiary alicyclic amines) is 1. The molecule has 0 radical (unpaired) electrons. The summed E-state index contributed by atoms with van der Waals surface area (Å²) in [5.74, 6) is -0.432. The van der Waals surface area contributed by atoms with E-state index in [1.165, 1.54) is 4.90 Å². The van der Waals surface area contributed by atoms with Crippen LogP contribution in [0.2, 0.25) is 0 Å². The molecule has 8 heteroatoms. The molecule has 0 aromatic heterocycles. The van der Waals surface area contributed by atoms with Crippen LogP contribution in [-0.2, 0) is 9.59 Å². The average molecular weight is 531 g/mol. The molecule has 1 amide bonds. The largest absolute Gasteiger partial charge is 0.507 e. The second kappa shape index (κ2) is 11.5. The summed E-state index contributed by atoms with van der Waals surface area (Å²) >= 11 is 3.38. The maximum absolute atomic E-state index is 13.1. The van der Waals surface area contributed by atoms with Crippen LogP contribution in [0.4, 0.5) is 0 Å². The monoisotopic (exact) mass is 530 g/mol. The van der Waals surface area contributed by atoms with Crippen molar-refractivity contribution < 1.29 is 24.2 Å². The quantitative estimate of drug-likeness (QED) is 0.209. The van der Waals surface area contributed by atoms with E-state index in [9.17, 15) is 14.7 Å². The molecule has 1 aliphatic heterocycles. The molecule has 0 saturated carbocycles. The highest BCUT2D eigenvalue weighted by molar-refractivity contribution is 9.10. The van der Waals surface area contributed by atoms with Crippen LogP contribution in [0.25, 0.3) is 5.76 Å². The first-order chi connectivity index (χ1) is 16.3. The molecule has 1 saturated heterocycles. The topological polar surface area (TPSA) is 79.3 Å². The van der Waals surface area contributed by atoms with Gasteiger partial charge in [-0.1, -0.05) is 47.5 Å². The number of Topliss-reactive ketones (excluding diaryl/α,β-unsaturated/α-hetero) is 1. The van der Waals surface area contributed by atoms with Crippen LogP contribution in [0.15, 0.2) is 52.5 Å². The lowest BCUT2D eigenvalue weighted by Gasteiger charge is -2.27. The molecule has 3 rings (SSSR count). The number of amides is 1. The van der Waals surface area contributed by atoms with Crippen molar-refractivity contribution >= 4 is 33.4 Å². The Balaban J connectivity index is 2.10. The zero-order chi connectivity index (χ0) is 24.8. The van der Waals surface area contributed by atoms with Crippen molar-refractivity contribution in [3.63, 3.8) is 0 Å². The zero-order valence-corrected chi connectivity index (χ0v) is 21.6. The second-order valence-corrected chi connectivity index (χ2v) is 9.33. The van der Waals surface area contributed by atoms with E-state index in [2.05, 4.69) is 22.9 Å². The van der Waals surface area contributed by atoms with E-state index < -0.39 is 17.7 Å². The van der Waals surface area contributed by atoms with E-state index >= 15 is 0 Å². The van der Waals surface area contributed by atoms with Crippen molar-refractivity contribution in [2.24, 2.45) is 0 Å². The van der Waals surface area contributed by atoms with Gasteiger partial charge >= 0.3 is 0 Å². The van der Waals surface area contributed by atoms with Crippen LogP contribution >= 0.6 is 15.9 Å². The van der Waals surface area contributed by atoms with Crippen LogP contribution in [-0.4, -0.2) is 67.5 Å². The van der Waals surface area contributed by atoms with Gasteiger partial charge in [0.15, 0.2) is 11.5 Å². The number of ether oxygens (including phenoxy) is 2. The number of likely N-dealkylation sites (N-methyl/N-ethyl adjacent to an activating group) is 1. The first-order valence-corrected chi connectivity index (χ1v) is 12.1. The Labute approximate surface area is 209 Å². The Hall–Kier alpha value is -2.84. The maximum atomic E-state index is 13.1. The zero-order valence-electron chi connectivity index (χ0n) is 20.0. The lowest BCUT2D eigenvalue weighted by molar-refractivity contribution is -0.140. The van der Waals surface area contributed by atoms with Gasteiger partial charge in [-0.25, -0.2) is 0 Å². The molecule has 182 valence electrons. The number of methoxy groups -OCH3 is 1. The minimum absolute atomic E-state index is 0.0628. The Kier molecular flexibility index (Phi) is 8.74. The number of ketones is 1. The number of hydrogen-bond donors (Lipinski definition) is 1. The Morgan fingerprint density at radius 3 is 2.44 bits per heavy atom. The Morgan fingerprint density at radius 1 is 1.12 bits per heavy atom. The van der Waals surface area contributed by atoms with Gasteiger partial charge < -0.3 is 24.4 Å². The van der Waals surface area contributed by atoms with Crippen LogP contribution < -0.4 is 9.47 Å². The SMILES string of the molecule is CCCCOc1ccc(C2/C(=C(\O)c3ccc(Br)cc3)C(=O)C(=O)N2CCN(C)C)cc1OC. The number of carbonyl (C=O) groups excluding carboxylic acids is 2. The number of aliphatic hydroxyl groups is 1. The third-order valence-corrected chi connectivity index (χ3v) is 6.23. The molecule has 0 bridgehead atoms. The van der Waals surface area contributed by atoms with Crippen molar-refractivity contribution in [1.82, 2.24) is 9.80 Å². The fraction of sp³-hybridized carbons (Fsp3) is 0.385. The molecule has 2 aromatic carbocycles. The van der Waals surface area contributed by atoms with Crippen molar-refractivity contribution in [3.05, 3.63) is 63.6 Å². The van der Waals surface area contributed by atoms with E-state index in [-0.39, 0.29) is 11.3 Å².